The van der Waals surface area contributed by atoms with Gasteiger partial charge in [-0.2, -0.15) is 0 Å². The normalized spacial score (nSPS) is 11.0. The molecule has 16 heavy (non-hydrogen) atoms. The summed E-state index contributed by atoms with van der Waals surface area (Å²) in [5, 5.41) is 0.730. The minimum absolute atomic E-state index is 0.124. The SMILES string of the molecule is CCc1c(C)[nH]c2nc(C)cc(C)c2c1=O. The number of hydrogen-bond acceptors (Lipinski definition) is 2. The fourth-order valence-electron chi connectivity index (χ4n) is 2.21. The van der Waals surface area contributed by atoms with Crippen LogP contribution in [0.4, 0.5) is 0 Å². The first-order chi connectivity index (χ1) is 7.54. The van der Waals surface area contributed by atoms with Crippen molar-refractivity contribution in [1.82, 2.24) is 9.97 Å². The number of pyridine rings is 2. The maximum atomic E-state index is 12.3. The van der Waals surface area contributed by atoms with Crippen LogP contribution in [-0.2, 0) is 6.42 Å². The van der Waals surface area contributed by atoms with Crippen LogP contribution in [-0.4, -0.2) is 9.97 Å². The van der Waals surface area contributed by atoms with Crippen LogP contribution in [0.2, 0.25) is 0 Å². The van der Waals surface area contributed by atoms with Crippen LogP contribution >= 0.6 is 0 Å². The summed E-state index contributed by atoms with van der Waals surface area (Å²) in [7, 11) is 0. The molecule has 3 heteroatoms. The van der Waals surface area contributed by atoms with E-state index in [1.54, 1.807) is 0 Å². The van der Waals surface area contributed by atoms with E-state index in [9.17, 15) is 4.79 Å². The Kier molecular flexibility index (Phi) is 2.54. The van der Waals surface area contributed by atoms with E-state index >= 15 is 0 Å². The number of aryl methyl sites for hydroxylation is 3. The lowest BCUT2D eigenvalue weighted by atomic mass is 10.1. The topological polar surface area (TPSA) is 45.8 Å². The van der Waals surface area contributed by atoms with Crippen molar-refractivity contribution in [3.05, 3.63) is 38.8 Å². The molecule has 0 bridgehead atoms. The van der Waals surface area contributed by atoms with Crippen molar-refractivity contribution in [1.29, 1.82) is 0 Å². The van der Waals surface area contributed by atoms with E-state index in [0.717, 1.165) is 34.3 Å². The number of nitrogens with zero attached hydrogens (tertiary/aromatic N) is 1. The first-order valence-electron chi connectivity index (χ1n) is 5.54. The van der Waals surface area contributed by atoms with E-state index in [1.165, 1.54) is 0 Å². The Morgan fingerprint density at radius 3 is 2.62 bits per heavy atom. The third-order valence-corrected chi connectivity index (χ3v) is 2.96. The smallest absolute Gasteiger partial charge is 0.194 e. The summed E-state index contributed by atoms with van der Waals surface area (Å²) in [5.41, 5.74) is 4.55. The molecule has 0 saturated carbocycles. The first-order valence-corrected chi connectivity index (χ1v) is 5.54. The van der Waals surface area contributed by atoms with Crippen molar-refractivity contribution < 1.29 is 0 Å². The maximum Gasteiger partial charge on any atom is 0.194 e. The summed E-state index contributed by atoms with van der Waals surface area (Å²) in [5.74, 6) is 0. The van der Waals surface area contributed by atoms with Crippen LogP contribution in [0.3, 0.4) is 0 Å². The summed E-state index contributed by atoms with van der Waals surface area (Å²) in [6, 6.07) is 1.95. The lowest BCUT2D eigenvalue weighted by Crippen LogP contribution is -2.14. The van der Waals surface area contributed by atoms with Gasteiger partial charge in [-0.05, 0) is 38.8 Å². The van der Waals surface area contributed by atoms with Gasteiger partial charge in [0.05, 0.1) is 5.39 Å². The standard InChI is InChI=1S/C13H16N2O/c1-5-10-9(4)15-13-11(12(10)16)7(2)6-8(3)14-13/h6H,5H2,1-4H3,(H,14,15,16). The van der Waals surface area contributed by atoms with Gasteiger partial charge in [-0.15, -0.1) is 0 Å². The van der Waals surface area contributed by atoms with Crippen molar-refractivity contribution in [3.63, 3.8) is 0 Å². The van der Waals surface area contributed by atoms with Crippen molar-refractivity contribution in [3.8, 4) is 0 Å². The Morgan fingerprint density at radius 1 is 1.31 bits per heavy atom. The van der Waals surface area contributed by atoms with Crippen LogP contribution in [0, 0.1) is 20.8 Å². The highest BCUT2D eigenvalue weighted by Gasteiger charge is 2.10. The molecule has 0 amide bonds. The molecule has 1 N–H and O–H groups in total. The van der Waals surface area contributed by atoms with Gasteiger partial charge in [-0.1, -0.05) is 6.92 Å². The summed E-state index contributed by atoms with van der Waals surface area (Å²) < 4.78 is 0. The van der Waals surface area contributed by atoms with E-state index in [4.69, 9.17) is 0 Å². The van der Waals surface area contributed by atoms with E-state index in [0.29, 0.717) is 5.65 Å². The average molecular weight is 216 g/mol. The number of aromatic nitrogens is 2. The fraction of sp³-hybridized carbons (Fsp3) is 0.385. The first kappa shape index (κ1) is 10.9. The van der Waals surface area contributed by atoms with Crippen molar-refractivity contribution in [2.45, 2.75) is 34.1 Å². The van der Waals surface area contributed by atoms with E-state index < -0.39 is 0 Å². The van der Waals surface area contributed by atoms with Crippen molar-refractivity contribution >= 4 is 11.0 Å². The largest absolute Gasteiger partial charge is 0.343 e. The Labute approximate surface area is 94.5 Å². The van der Waals surface area contributed by atoms with Gasteiger partial charge in [-0.25, -0.2) is 4.98 Å². The highest BCUT2D eigenvalue weighted by molar-refractivity contribution is 5.79. The number of fused-ring (bicyclic) bond motifs is 1. The molecule has 2 aromatic rings. The third kappa shape index (κ3) is 1.52. The predicted octanol–water partition coefficient (Wildman–Crippen LogP) is 2.41. The van der Waals surface area contributed by atoms with Gasteiger partial charge < -0.3 is 4.98 Å². The Morgan fingerprint density at radius 2 is 2.00 bits per heavy atom. The summed E-state index contributed by atoms with van der Waals surface area (Å²) in [4.78, 5) is 19.9. The van der Waals surface area contributed by atoms with Crippen LogP contribution in [0.5, 0.6) is 0 Å². The van der Waals surface area contributed by atoms with Crippen molar-refractivity contribution in [2.75, 3.05) is 0 Å². The zero-order chi connectivity index (χ0) is 11.9. The summed E-state index contributed by atoms with van der Waals surface area (Å²) in [6.07, 6.45) is 0.754. The molecular weight excluding hydrogens is 200 g/mol. The molecule has 0 aliphatic carbocycles. The van der Waals surface area contributed by atoms with Gasteiger partial charge in [-0.3, -0.25) is 4.79 Å². The molecule has 0 radical (unpaired) electrons. The highest BCUT2D eigenvalue weighted by Crippen LogP contribution is 2.14. The maximum absolute atomic E-state index is 12.3. The molecule has 2 rings (SSSR count). The van der Waals surface area contributed by atoms with Gasteiger partial charge in [0.1, 0.15) is 5.65 Å². The summed E-state index contributed by atoms with van der Waals surface area (Å²) >= 11 is 0. The van der Waals surface area contributed by atoms with Crippen LogP contribution < -0.4 is 5.43 Å². The zero-order valence-electron chi connectivity index (χ0n) is 10.1. The van der Waals surface area contributed by atoms with E-state index in [2.05, 4.69) is 9.97 Å². The van der Waals surface area contributed by atoms with Crippen molar-refractivity contribution in [2.24, 2.45) is 0 Å². The Bertz CT molecular complexity index is 611. The van der Waals surface area contributed by atoms with E-state index in [-0.39, 0.29) is 5.43 Å². The Balaban J connectivity index is 2.99. The average Bonchev–Trinajstić information content (AvgIpc) is 2.15. The molecule has 0 fully saturated rings. The van der Waals surface area contributed by atoms with E-state index in [1.807, 2.05) is 33.8 Å². The minimum Gasteiger partial charge on any atom is -0.343 e. The molecule has 3 nitrogen and oxygen atoms in total. The predicted molar refractivity (Wildman–Crippen MR) is 66.0 cm³/mol. The molecule has 0 unspecified atom stereocenters. The molecule has 84 valence electrons. The molecular formula is C13H16N2O. The number of hydrogen-bond donors (Lipinski definition) is 1. The minimum atomic E-state index is 0.124. The molecule has 0 atom stereocenters. The quantitative estimate of drug-likeness (QED) is 0.795. The number of aromatic amines is 1. The zero-order valence-corrected chi connectivity index (χ0v) is 10.1. The molecule has 2 aromatic heterocycles. The second-order valence-corrected chi connectivity index (χ2v) is 4.22. The summed E-state index contributed by atoms with van der Waals surface area (Å²) in [6.45, 7) is 7.83. The molecule has 0 saturated heterocycles. The van der Waals surface area contributed by atoms with Gasteiger partial charge >= 0.3 is 0 Å². The van der Waals surface area contributed by atoms with Gasteiger partial charge in [0.25, 0.3) is 0 Å². The Hall–Kier alpha value is -1.64. The molecule has 0 aliphatic heterocycles. The van der Waals surface area contributed by atoms with Crippen LogP contribution in [0.25, 0.3) is 11.0 Å². The molecule has 0 aromatic carbocycles. The monoisotopic (exact) mass is 216 g/mol. The third-order valence-electron chi connectivity index (χ3n) is 2.96. The number of rotatable bonds is 1. The fourth-order valence-corrected chi connectivity index (χ4v) is 2.21. The van der Waals surface area contributed by atoms with Gasteiger partial charge in [0.2, 0.25) is 0 Å². The lowest BCUT2D eigenvalue weighted by Gasteiger charge is -2.08. The number of nitrogens with one attached hydrogen (secondary N) is 1. The van der Waals surface area contributed by atoms with Crippen LogP contribution in [0.1, 0.15) is 29.4 Å². The van der Waals surface area contributed by atoms with Gasteiger partial charge in [0.15, 0.2) is 5.43 Å². The van der Waals surface area contributed by atoms with Crippen LogP contribution in [0.15, 0.2) is 10.9 Å². The highest BCUT2D eigenvalue weighted by atomic mass is 16.1. The lowest BCUT2D eigenvalue weighted by molar-refractivity contribution is 1.03. The molecule has 0 spiro atoms. The second-order valence-electron chi connectivity index (χ2n) is 4.22. The molecule has 0 aliphatic rings. The number of H-pyrrole nitrogens is 1. The van der Waals surface area contributed by atoms with Gasteiger partial charge in [0, 0.05) is 17.0 Å². The molecule has 2 heterocycles. The second kappa shape index (κ2) is 3.74.